The number of methoxy groups -OCH3 is 1. The molecule has 0 aliphatic rings. The summed E-state index contributed by atoms with van der Waals surface area (Å²) in [6.45, 7) is 1.88. The van der Waals surface area contributed by atoms with Crippen LogP contribution < -0.4 is 10.3 Å². The molecule has 0 aliphatic heterocycles. The second-order valence-electron chi connectivity index (χ2n) is 4.42. The predicted octanol–water partition coefficient (Wildman–Crippen LogP) is 1.91. The Morgan fingerprint density at radius 3 is 2.65 bits per heavy atom. The number of rotatable bonds is 4. The minimum atomic E-state index is -1.21. The summed E-state index contributed by atoms with van der Waals surface area (Å²) < 4.78 is 6.60. The number of carboxylic acids is 1. The van der Waals surface area contributed by atoms with Crippen LogP contribution in [0.25, 0.3) is 0 Å². The number of benzene rings is 1. The highest BCUT2D eigenvalue weighted by atomic mass is 16.5. The number of pyridine rings is 1. The molecule has 0 radical (unpaired) electrons. The summed E-state index contributed by atoms with van der Waals surface area (Å²) in [5.74, 6) is -0.543. The summed E-state index contributed by atoms with van der Waals surface area (Å²) in [4.78, 5) is 23.3. The van der Waals surface area contributed by atoms with Crippen LogP contribution in [0.4, 0.5) is 0 Å². The van der Waals surface area contributed by atoms with Crippen molar-refractivity contribution in [3.63, 3.8) is 0 Å². The van der Waals surface area contributed by atoms with Crippen LogP contribution in [0, 0.1) is 6.92 Å². The van der Waals surface area contributed by atoms with Crippen molar-refractivity contribution in [1.82, 2.24) is 4.57 Å². The molecular weight excluding hydrogens is 258 g/mol. The molecule has 0 spiro atoms. The van der Waals surface area contributed by atoms with E-state index in [2.05, 4.69) is 0 Å². The van der Waals surface area contributed by atoms with E-state index in [0.717, 1.165) is 5.56 Å². The van der Waals surface area contributed by atoms with E-state index in [0.29, 0.717) is 11.3 Å². The van der Waals surface area contributed by atoms with E-state index < -0.39 is 11.5 Å². The maximum atomic E-state index is 12.2. The Bertz CT molecular complexity index is 703. The zero-order valence-electron chi connectivity index (χ0n) is 11.3. The van der Waals surface area contributed by atoms with Crippen LogP contribution in [0.3, 0.4) is 0 Å². The maximum absolute atomic E-state index is 12.2. The van der Waals surface area contributed by atoms with Crippen molar-refractivity contribution >= 4 is 5.97 Å². The normalized spacial score (nSPS) is 10.3. The van der Waals surface area contributed by atoms with Gasteiger partial charge >= 0.3 is 5.97 Å². The number of aromatic nitrogens is 1. The second-order valence-corrected chi connectivity index (χ2v) is 4.42. The first-order valence-corrected chi connectivity index (χ1v) is 6.10. The van der Waals surface area contributed by atoms with Crippen LogP contribution in [0.15, 0.2) is 41.3 Å². The molecule has 2 rings (SSSR count). The standard InChI is InChI=1S/C15H15NO4/c1-10-7-8-16(14(17)13(10)15(18)19)9-11-5-3-4-6-12(11)20-2/h3-8H,9H2,1-2H3,(H,18,19). The van der Waals surface area contributed by atoms with Gasteiger partial charge in [-0.1, -0.05) is 18.2 Å². The SMILES string of the molecule is COc1ccccc1Cn1ccc(C)c(C(=O)O)c1=O. The van der Waals surface area contributed by atoms with Gasteiger partial charge in [0.15, 0.2) is 0 Å². The molecule has 0 aliphatic carbocycles. The first-order valence-electron chi connectivity index (χ1n) is 6.10. The van der Waals surface area contributed by atoms with E-state index in [1.54, 1.807) is 32.4 Å². The number of ether oxygens (including phenoxy) is 1. The molecule has 5 nitrogen and oxygen atoms in total. The molecule has 0 saturated carbocycles. The highest BCUT2D eigenvalue weighted by Gasteiger charge is 2.15. The molecule has 1 aromatic heterocycles. The Morgan fingerprint density at radius 1 is 1.30 bits per heavy atom. The van der Waals surface area contributed by atoms with Crippen LogP contribution in [0.1, 0.15) is 21.5 Å². The van der Waals surface area contributed by atoms with E-state index in [4.69, 9.17) is 9.84 Å². The first kappa shape index (κ1) is 13.9. The number of para-hydroxylation sites is 1. The monoisotopic (exact) mass is 273 g/mol. The average Bonchev–Trinajstić information content (AvgIpc) is 2.42. The lowest BCUT2D eigenvalue weighted by Crippen LogP contribution is -2.27. The molecule has 2 aromatic rings. The fourth-order valence-corrected chi connectivity index (χ4v) is 2.07. The van der Waals surface area contributed by atoms with Crippen molar-refractivity contribution in [2.45, 2.75) is 13.5 Å². The van der Waals surface area contributed by atoms with Gasteiger partial charge in [-0.2, -0.15) is 0 Å². The lowest BCUT2D eigenvalue weighted by molar-refractivity contribution is 0.0693. The molecule has 0 saturated heterocycles. The minimum Gasteiger partial charge on any atom is -0.496 e. The third-order valence-electron chi connectivity index (χ3n) is 3.12. The van der Waals surface area contributed by atoms with Crippen molar-refractivity contribution < 1.29 is 14.6 Å². The number of carbonyl (C=O) groups is 1. The Labute approximate surface area is 116 Å². The average molecular weight is 273 g/mol. The van der Waals surface area contributed by atoms with E-state index >= 15 is 0 Å². The number of hydrogen-bond acceptors (Lipinski definition) is 3. The van der Waals surface area contributed by atoms with Crippen LogP contribution in [-0.2, 0) is 6.54 Å². The van der Waals surface area contributed by atoms with Crippen LogP contribution >= 0.6 is 0 Å². The molecule has 0 fully saturated rings. The number of aromatic carboxylic acids is 1. The molecule has 5 heteroatoms. The maximum Gasteiger partial charge on any atom is 0.341 e. The van der Waals surface area contributed by atoms with Crippen LogP contribution in [-0.4, -0.2) is 22.8 Å². The zero-order valence-corrected chi connectivity index (χ0v) is 11.3. The predicted molar refractivity (Wildman–Crippen MR) is 74.5 cm³/mol. The molecule has 1 heterocycles. The second kappa shape index (κ2) is 5.61. The smallest absolute Gasteiger partial charge is 0.341 e. The number of aryl methyl sites for hydroxylation is 1. The topological polar surface area (TPSA) is 68.5 Å². The van der Waals surface area contributed by atoms with E-state index in [9.17, 15) is 9.59 Å². The molecule has 0 amide bonds. The Kier molecular flexibility index (Phi) is 3.89. The van der Waals surface area contributed by atoms with Crippen LogP contribution in [0.2, 0.25) is 0 Å². The fraction of sp³-hybridized carbons (Fsp3) is 0.200. The molecule has 0 unspecified atom stereocenters. The van der Waals surface area contributed by atoms with Gasteiger partial charge in [0, 0.05) is 11.8 Å². The van der Waals surface area contributed by atoms with Crippen molar-refractivity contribution in [2.24, 2.45) is 0 Å². The summed E-state index contributed by atoms with van der Waals surface area (Å²) >= 11 is 0. The first-order chi connectivity index (χ1) is 9.54. The summed E-state index contributed by atoms with van der Waals surface area (Å²) in [6, 6.07) is 8.94. The summed E-state index contributed by atoms with van der Waals surface area (Å²) in [6.07, 6.45) is 1.59. The zero-order chi connectivity index (χ0) is 14.7. The quantitative estimate of drug-likeness (QED) is 0.924. The van der Waals surface area contributed by atoms with E-state index in [1.165, 1.54) is 4.57 Å². The van der Waals surface area contributed by atoms with Crippen molar-refractivity contribution in [2.75, 3.05) is 7.11 Å². The van der Waals surface area contributed by atoms with Gasteiger partial charge in [0.05, 0.1) is 13.7 Å². The van der Waals surface area contributed by atoms with Gasteiger partial charge in [0.25, 0.3) is 5.56 Å². The van der Waals surface area contributed by atoms with E-state index in [1.807, 2.05) is 18.2 Å². The van der Waals surface area contributed by atoms with Gasteiger partial charge in [0.1, 0.15) is 11.3 Å². The van der Waals surface area contributed by atoms with E-state index in [-0.39, 0.29) is 12.1 Å². The molecule has 0 atom stereocenters. The van der Waals surface area contributed by atoms with Gasteiger partial charge < -0.3 is 14.4 Å². The summed E-state index contributed by atoms with van der Waals surface area (Å²) in [5.41, 5.74) is 0.571. The molecule has 1 N–H and O–H groups in total. The molecule has 1 aromatic carbocycles. The van der Waals surface area contributed by atoms with Gasteiger partial charge in [-0.05, 0) is 24.6 Å². The van der Waals surface area contributed by atoms with Crippen molar-refractivity contribution in [3.8, 4) is 5.75 Å². The van der Waals surface area contributed by atoms with Gasteiger partial charge in [-0.15, -0.1) is 0 Å². The third kappa shape index (κ3) is 2.56. The van der Waals surface area contributed by atoms with Gasteiger partial charge in [0.2, 0.25) is 0 Å². The Balaban J connectivity index is 2.47. The van der Waals surface area contributed by atoms with Crippen LogP contribution in [0.5, 0.6) is 5.75 Å². The number of carboxylic acid groups (broad SMARTS) is 1. The van der Waals surface area contributed by atoms with Crippen molar-refractivity contribution in [1.29, 1.82) is 0 Å². The van der Waals surface area contributed by atoms with Gasteiger partial charge in [-0.25, -0.2) is 4.79 Å². The Hall–Kier alpha value is -2.56. The lowest BCUT2D eigenvalue weighted by atomic mass is 10.1. The van der Waals surface area contributed by atoms with Gasteiger partial charge in [-0.3, -0.25) is 4.79 Å². The third-order valence-corrected chi connectivity index (χ3v) is 3.12. The van der Waals surface area contributed by atoms with Crippen molar-refractivity contribution in [3.05, 3.63) is 63.6 Å². The Morgan fingerprint density at radius 2 is 2.00 bits per heavy atom. The fourth-order valence-electron chi connectivity index (χ4n) is 2.07. The minimum absolute atomic E-state index is 0.192. The highest BCUT2D eigenvalue weighted by molar-refractivity contribution is 5.88. The highest BCUT2D eigenvalue weighted by Crippen LogP contribution is 2.18. The lowest BCUT2D eigenvalue weighted by Gasteiger charge is -2.11. The summed E-state index contributed by atoms with van der Waals surface area (Å²) in [7, 11) is 1.55. The number of hydrogen-bond donors (Lipinski definition) is 1. The molecule has 0 bridgehead atoms. The largest absolute Gasteiger partial charge is 0.496 e. The molecule has 104 valence electrons. The number of nitrogens with zero attached hydrogens (tertiary/aromatic N) is 1. The molecule has 20 heavy (non-hydrogen) atoms. The summed E-state index contributed by atoms with van der Waals surface area (Å²) in [5, 5.41) is 9.10. The molecular formula is C15H15NO4.